The lowest BCUT2D eigenvalue weighted by Gasteiger charge is -2.27. The molecule has 0 spiro atoms. The molecule has 29 heavy (non-hydrogen) atoms. The molecule has 0 unspecified atom stereocenters. The number of carbonyl (C=O) groups excluding carboxylic acids is 1. The summed E-state index contributed by atoms with van der Waals surface area (Å²) in [6, 6.07) is 0. The molecule has 0 radical (unpaired) electrons. The molecule has 152 valence electrons. The lowest BCUT2D eigenvalue weighted by Crippen LogP contribution is -2.19. The van der Waals surface area contributed by atoms with E-state index in [9.17, 15) is 14.7 Å². The van der Waals surface area contributed by atoms with E-state index < -0.39 is 5.97 Å². The van der Waals surface area contributed by atoms with Gasteiger partial charge in [0.05, 0.1) is 30.0 Å². The van der Waals surface area contributed by atoms with Crippen molar-refractivity contribution in [3.05, 3.63) is 51.2 Å². The molecule has 1 aromatic carbocycles. The van der Waals surface area contributed by atoms with Gasteiger partial charge in [0.15, 0.2) is 17.3 Å². The van der Waals surface area contributed by atoms with Crippen molar-refractivity contribution < 1.29 is 28.9 Å². The molecule has 0 saturated carbocycles. The number of benzene rings is 1. The number of aliphatic carboxylic acids is 1. The standard InChI is InChI=1S/C19H20N4O6/c1-11-15(12(2)24)18-17(28-10-29-18)14(9-27-7-5-21-22-20)16(11)23-6-3-4-13(8-23)19(25)26/h3,6,8H,4-5,7,9-10H2,1-2H3,(H,25,26). The maximum absolute atomic E-state index is 12.3. The Morgan fingerprint density at radius 1 is 1.38 bits per heavy atom. The van der Waals surface area contributed by atoms with E-state index in [4.69, 9.17) is 19.7 Å². The molecule has 2 heterocycles. The highest BCUT2D eigenvalue weighted by Crippen LogP contribution is 2.48. The molecule has 0 amide bonds. The quantitative estimate of drug-likeness (QED) is 0.232. The summed E-state index contributed by atoms with van der Waals surface area (Å²) in [5.74, 6) is -0.457. The van der Waals surface area contributed by atoms with Crippen LogP contribution in [0.3, 0.4) is 0 Å². The van der Waals surface area contributed by atoms with E-state index in [1.165, 1.54) is 13.1 Å². The van der Waals surface area contributed by atoms with Crippen LogP contribution in [-0.4, -0.2) is 36.8 Å². The molecule has 0 aromatic heterocycles. The summed E-state index contributed by atoms with van der Waals surface area (Å²) in [6.45, 7) is 3.64. The van der Waals surface area contributed by atoms with Crippen molar-refractivity contribution >= 4 is 17.4 Å². The van der Waals surface area contributed by atoms with Gasteiger partial charge in [0.25, 0.3) is 0 Å². The Morgan fingerprint density at radius 2 is 2.14 bits per heavy atom. The van der Waals surface area contributed by atoms with Crippen molar-refractivity contribution in [1.29, 1.82) is 0 Å². The highest BCUT2D eigenvalue weighted by molar-refractivity contribution is 6.02. The fraction of sp³-hybridized carbons (Fsp3) is 0.368. The minimum absolute atomic E-state index is 0.0315. The van der Waals surface area contributed by atoms with Crippen molar-refractivity contribution in [3.8, 4) is 11.5 Å². The number of ketones is 1. The monoisotopic (exact) mass is 400 g/mol. The second-order valence-corrected chi connectivity index (χ2v) is 6.41. The zero-order chi connectivity index (χ0) is 21.0. The number of carboxylic acid groups (broad SMARTS) is 1. The minimum Gasteiger partial charge on any atom is -0.478 e. The molecule has 10 nitrogen and oxygen atoms in total. The van der Waals surface area contributed by atoms with E-state index in [1.807, 2.05) is 0 Å². The maximum Gasteiger partial charge on any atom is 0.333 e. The smallest absolute Gasteiger partial charge is 0.333 e. The molecule has 0 bridgehead atoms. The number of fused-ring (bicyclic) bond motifs is 1. The molecule has 3 rings (SSSR count). The van der Waals surface area contributed by atoms with Crippen LogP contribution in [0, 0.1) is 6.92 Å². The van der Waals surface area contributed by atoms with Gasteiger partial charge in [-0.1, -0.05) is 11.2 Å². The predicted molar refractivity (Wildman–Crippen MR) is 103 cm³/mol. The molecule has 0 saturated heterocycles. The van der Waals surface area contributed by atoms with Crippen LogP contribution in [0.15, 0.2) is 29.2 Å². The number of allylic oxidation sites excluding steroid dienone is 1. The Hall–Kier alpha value is -3.49. The number of anilines is 1. The molecular weight excluding hydrogens is 380 g/mol. The highest BCUT2D eigenvalue weighted by atomic mass is 16.7. The number of nitrogens with zero attached hydrogens (tertiary/aromatic N) is 4. The summed E-state index contributed by atoms with van der Waals surface area (Å²) in [4.78, 5) is 28.1. The summed E-state index contributed by atoms with van der Waals surface area (Å²) in [7, 11) is 0. The summed E-state index contributed by atoms with van der Waals surface area (Å²) >= 11 is 0. The van der Waals surface area contributed by atoms with Crippen molar-refractivity contribution in [1.82, 2.24) is 0 Å². The predicted octanol–water partition coefficient (Wildman–Crippen LogP) is 3.45. The van der Waals surface area contributed by atoms with Gasteiger partial charge >= 0.3 is 5.97 Å². The average molecular weight is 400 g/mol. The lowest BCUT2D eigenvalue weighted by atomic mass is 9.95. The van der Waals surface area contributed by atoms with Crippen LogP contribution >= 0.6 is 0 Å². The number of carboxylic acids is 1. The van der Waals surface area contributed by atoms with Gasteiger partial charge in [-0.25, -0.2) is 4.79 Å². The van der Waals surface area contributed by atoms with Crippen LogP contribution in [0.1, 0.15) is 34.8 Å². The number of rotatable bonds is 8. The summed E-state index contributed by atoms with van der Waals surface area (Å²) in [5.41, 5.74) is 10.8. The van der Waals surface area contributed by atoms with Crippen LogP contribution < -0.4 is 14.4 Å². The third-order valence-corrected chi connectivity index (χ3v) is 4.56. The zero-order valence-corrected chi connectivity index (χ0v) is 16.0. The van der Waals surface area contributed by atoms with E-state index in [1.54, 1.807) is 24.1 Å². The van der Waals surface area contributed by atoms with Crippen LogP contribution in [0.5, 0.6) is 11.5 Å². The topological polar surface area (TPSA) is 134 Å². The fourth-order valence-electron chi connectivity index (χ4n) is 3.38. The first-order chi connectivity index (χ1) is 14.0. The van der Waals surface area contributed by atoms with Crippen LogP contribution in [0.2, 0.25) is 0 Å². The Labute approximate surface area is 166 Å². The maximum atomic E-state index is 12.3. The fourth-order valence-corrected chi connectivity index (χ4v) is 3.38. The van der Waals surface area contributed by atoms with E-state index >= 15 is 0 Å². The average Bonchev–Trinajstić information content (AvgIpc) is 3.16. The SMILES string of the molecule is CC(=O)c1c(C)c(N2C=CCC(C(=O)O)=C2)c(COCCN=[N+]=[N-])c2c1OCO2. The molecule has 1 N–H and O–H groups in total. The molecule has 0 aliphatic carbocycles. The number of carbonyl (C=O) groups is 2. The van der Waals surface area contributed by atoms with Gasteiger partial charge < -0.3 is 24.2 Å². The second kappa shape index (κ2) is 8.68. The van der Waals surface area contributed by atoms with Gasteiger partial charge in [-0.3, -0.25) is 4.79 Å². The lowest BCUT2D eigenvalue weighted by molar-refractivity contribution is -0.132. The Bertz CT molecular complexity index is 962. The normalized spacial score (nSPS) is 14.4. The Kier molecular flexibility index (Phi) is 6.06. The molecule has 0 atom stereocenters. The molecule has 0 fully saturated rings. The van der Waals surface area contributed by atoms with Crippen LogP contribution in [-0.2, 0) is 16.1 Å². The first-order valence-electron chi connectivity index (χ1n) is 8.89. The van der Waals surface area contributed by atoms with Crippen molar-refractivity contribution in [2.45, 2.75) is 26.9 Å². The molecule has 2 aliphatic rings. The minimum atomic E-state index is -1.02. The number of hydrogen-bond donors (Lipinski definition) is 1. The molecule has 1 aromatic rings. The Morgan fingerprint density at radius 3 is 2.83 bits per heavy atom. The number of Topliss-reactive ketones (excluding diaryl/α,β-unsaturated/α-hetero) is 1. The van der Waals surface area contributed by atoms with Crippen LogP contribution in [0.4, 0.5) is 5.69 Å². The second-order valence-electron chi connectivity index (χ2n) is 6.41. The summed E-state index contributed by atoms with van der Waals surface area (Å²) < 4.78 is 16.8. The largest absolute Gasteiger partial charge is 0.478 e. The van der Waals surface area contributed by atoms with Gasteiger partial charge in [-0.2, -0.15) is 0 Å². The van der Waals surface area contributed by atoms with Gasteiger partial charge in [-0.05, 0) is 24.9 Å². The van der Waals surface area contributed by atoms with Crippen molar-refractivity contribution in [2.75, 3.05) is 24.8 Å². The van der Waals surface area contributed by atoms with E-state index in [0.29, 0.717) is 40.3 Å². The third kappa shape index (κ3) is 4.03. The number of ether oxygens (including phenoxy) is 3. The number of azide groups is 1. The summed E-state index contributed by atoms with van der Waals surface area (Å²) in [6.07, 6.45) is 5.28. The van der Waals surface area contributed by atoms with E-state index in [0.717, 1.165) is 0 Å². The van der Waals surface area contributed by atoms with Crippen LogP contribution in [0.25, 0.3) is 10.4 Å². The number of hydrogen-bond acceptors (Lipinski definition) is 7. The first kappa shape index (κ1) is 20.2. The molecule has 2 aliphatic heterocycles. The third-order valence-electron chi connectivity index (χ3n) is 4.56. The van der Waals surface area contributed by atoms with E-state index in [2.05, 4.69) is 10.0 Å². The first-order valence-corrected chi connectivity index (χ1v) is 8.89. The van der Waals surface area contributed by atoms with Gasteiger partial charge in [0, 0.05) is 35.8 Å². The van der Waals surface area contributed by atoms with Gasteiger partial charge in [0.2, 0.25) is 6.79 Å². The summed E-state index contributed by atoms with van der Waals surface area (Å²) in [5, 5.41) is 12.8. The molecular formula is C19H20N4O6. The van der Waals surface area contributed by atoms with Crippen molar-refractivity contribution in [3.63, 3.8) is 0 Å². The van der Waals surface area contributed by atoms with Crippen molar-refractivity contribution in [2.24, 2.45) is 5.11 Å². The van der Waals surface area contributed by atoms with Gasteiger partial charge in [-0.15, -0.1) is 0 Å². The zero-order valence-electron chi connectivity index (χ0n) is 16.0. The highest BCUT2D eigenvalue weighted by Gasteiger charge is 2.32. The Balaban J connectivity index is 2.11. The van der Waals surface area contributed by atoms with Gasteiger partial charge in [0.1, 0.15) is 0 Å². The van der Waals surface area contributed by atoms with E-state index in [-0.39, 0.29) is 37.9 Å². The molecule has 10 heteroatoms.